The van der Waals surface area contributed by atoms with Crippen LogP contribution in [0.1, 0.15) is 19.2 Å². The molecule has 0 aliphatic rings. The molecule has 0 radical (unpaired) electrons. The molecular formula is C7H14N4S. The minimum atomic E-state index is 0.466. The number of hydrogen-bond acceptors (Lipinski definition) is 4. The standard InChI is InChI=1S/C7H14N4S/c1-3-4-11-6(5-8)9-10-7(11)12-2/h3-5,8H2,1-2H3. The van der Waals surface area contributed by atoms with Gasteiger partial charge in [-0.2, -0.15) is 0 Å². The molecule has 0 saturated carbocycles. The van der Waals surface area contributed by atoms with Crippen molar-refractivity contribution >= 4 is 11.8 Å². The van der Waals surface area contributed by atoms with E-state index in [2.05, 4.69) is 21.7 Å². The molecule has 1 rings (SSSR count). The molecule has 1 aromatic heterocycles. The Morgan fingerprint density at radius 2 is 2.25 bits per heavy atom. The lowest BCUT2D eigenvalue weighted by Gasteiger charge is -2.04. The van der Waals surface area contributed by atoms with Crippen LogP contribution in [0.15, 0.2) is 5.16 Å². The van der Waals surface area contributed by atoms with E-state index in [9.17, 15) is 0 Å². The Hall–Kier alpha value is -0.550. The van der Waals surface area contributed by atoms with Crippen molar-refractivity contribution in [2.24, 2.45) is 5.73 Å². The van der Waals surface area contributed by atoms with Crippen LogP contribution in [0.3, 0.4) is 0 Å². The lowest BCUT2D eigenvalue weighted by molar-refractivity contribution is 0.592. The first-order valence-corrected chi connectivity index (χ1v) is 5.22. The summed E-state index contributed by atoms with van der Waals surface area (Å²) in [6, 6.07) is 0. The van der Waals surface area contributed by atoms with Crippen molar-refractivity contribution in [2.75, 3.05) is 6.26 Å². The van der Waals surface area contributed by atoms with Crippen LogP contribution in [0.25, 0.3) is 0 Å². The Labute approximate surface area is 76.5 Å². The number of thioether (sulfide) groups is 1. The molecule has 0 atom stereocenters. The lowest BCUT2D eigenvalue weighted by Crippen LogP contribution is -2.08. The van der Waals surface area contributed by atoms with Gasteiger partial charge in [0.05, 0.1) is 6.54 Å². The minimum absolute atomic E-state index is 0.466. The molecule has 68 valence electrons. The summed E-state index contributed by atoms with van der Waals surface area (Å²) >= 11 is 1.61. The van der Waals surface area contributed by atoms with Crippen LogP contribution in [0.2, 0.25) is 0 Å². The van der Waals surface area contributed by atoms with Gasteiger partial charge in [-0.25, -0.2) is 0 Å². The topological polar surface area (TPSA) is 56.7 Å². The van der Waals surface area contributed by atoms with Gasteiger partial charge in [0.25, 0.3) is 0 Å². The van der Waals surface area contributed by atoms with E-state index in [0.29, 0.717) is 6.54 Å². The average molecular weight is 186 g/mol. The minimum Gasteiger partial charge on any atom is -0.324 e. The predicted molar refractivity (Wildman–Crippen MR) is 50.0 cm³/mol. The number of hydrogen-bond donors (Lipinski definition) is 1. The molecule has 0 unspecified atom stereocenters. The molecule has 1 heterocycles. The molecule has 0 aromatic carbocycles. The number of rotatable bonds is 4. The second kappa shape index (κ2) is 4.47. The SMILES string of the molecule is CCCn1c(CN)nnc1SC. The predicted octanol–water partition coefficient (Wildman–Crippen LogP) is 0.869. The quantitative estimate of drug-likeness (QED) is 0.709. The molecule has 0 aliphatic carbocycles. The van der Waals surface area contributed by atoms with Gasteiger partial charge in [-0.15, -0.1) is 10.2 Å². The first-order chi connectivity index (χ1) is 5.83. The third kappa shape index (κ3) is 1.78. The molecule has 0 aliphatic heterocycles. The maximum absolute atomic E-state index is 5.52. The van der Waals surface area contributed by atoms with Crippen LogP contribution >= 0.6 is 11.8 Å². The zero-order valence-corrected chi connectivity index (χ0v) is 8.27. The average Bonchev–Trinajstić information content (AvgIpc) is 2.48. The number of aromatic nitrogens is 3. The first kappa shape index (κ1) is 9.54. The molecule has 0 bridgehead atoms. The van der Waals surface area contributed by atoms with E-state index in [1.165, 1.54) is 0 Å². The van der Waals surface area contributed by atoms with E-state index in [0.717, 1.165) is 23.9 Å². The van der Waals surface area contributed by atoms with Gasteiger partial charge < -0.3 is 10.3 Å². The highest BCUT2D eigenvalue weighted by Crippen LogP contribution is 2.13. The van der Waals surface area contributed by atoms with Gasteiger partial charge >= 0.3 is 0 Å². The highest BCUT2D eigenvalue weighted by molar-refractivity contribution is 7.98. The molecule has 12 heavy (non-hydrogen) atoms. The van der Waals surface area contributed by atoms with Gasteiger partial charge in [0.2, 0.25) is 0 Å². The molecule has 0 saturated heterocycles. The Balaban J connectivity index is 2.90. The van der Waals surface area contributed by atoms with Crippen molar-refractivity contribution in [3.8, 4) is 0 Å². The van der Waals surface area contributed by atoms with E-state index in [1.807, 2.05) is 6.26 Å². The van der Waals surface area contributed by atoms with Crippen LogP contribution < -0.4 is 5.73 Å². The van der Waals surface area contributed by atoms with Crippen molar-refractivity contribution in [3.05, 3.63) is 5.82 Å². The third-order valence-electron chi connectivity index (χ3n) is 1.61. The molecule has 2 N–H and O–H groups in total. The van der Waals surface area contributed by atoms with Crippen molar-refractivity contribution in [1.29, 1.82) is 0 Å². The summed E-state index contributed by atoms with van der Waals surface area (Å²) < 4.78 is 2.07. The van der Waals surface area contributed by atoms with E-state index in [-0.39, 0.29) is 0 Å². The lowest BCUT2D eigenvalue weighted by atomic mass is 10.4. The van der Waals surface area contributed by atoms with E-state index < -0.39 is 0 Å². The Morgan fingerprint density at radius 3 is 2.75 bits per heavy atom. The Kier molecular flexibility index (Phi) is 3.55. The van der Waals surface area contributed by atoms with Crippen LogP contribution in [0.5, 0.6) is 0 Å². The van der Waals surface area contributed by atoms with Gasteiger partial charge in [0.1, 0.15) is 5.82 Å². The first-order valence-electron chi connectivity index (χ1n) is 3.99. The van der Waals surface area contributed by atoms with Crippen molar-refractivity contribution in [3.63, 3.8) is 0 Å². The maximum atomic E-state index is 5.52. The molecule has 0 spiro atoms. The van der Waals surface area contributed by atoms with Gasteiger partial charge in [0, 0.05) is 6.54 Å². The summed E-state index contributed by atoms with van der Waals surface area (Å²) in [5, 5.41) is 8.97. The summed E-state index contributed by atoms with van der Waals surface area (Å²) in [7, 11) is 0. The monoisotopic (exact) mass is 186 g/mol. The van der Waals surface area contributed by atoms with Crippen molar-refractivity contribution in [1.82, 2.24) is 14.8 Å². The largest absolute Gasteiger partial charge is 0.324 e. The number of nitrogens with zero attached hydrogens (tertiary/aromatic N) is 3. The van der Waals surface area contributed by atoms with Crippen LogP contribution in [-0.2, 0) is 13.1 Å². The van der Waals surface area contributed by atoms with Crippen molar-refractivity contribution in [2.45, 2.75) is 31.6 Å². The molecule has 5 heteroatoms. The fourth-order valence-electron chi connectivity index (χ4n) is 1.07. The third-order valence-corrected chi connectivity index (χ3v) is 2.27. The van der Waals surface area contributed by atoms with Crippen LogP contribution in [0, 0.1) is 0 Å². The molecule has 1 aromatic rings. The zero-order valence-electron chi connectivity index (χ0n) is 7.45. The summed E-state index contributed by atoms with van der Waals surface area (Å²) in [6.07, 6.45) is 3.08. The smallest absolute Gasteiger partial charge is 0.190 e. The normalized spacial score (nSPS) is 10.6. The molecular weight excluding hydrogens is 172 g/mol. The summed E-state index contributed by atoms with van der Waals surface area (Å²) in [4.78, 5) is 0. The van der Waals surface area contributed by atoms with Crippen molar-refractivity contribution < 1.29 is 0 Å². The summed E-state index contributed by atoms with van der Waals surface area (Å²) in [5.74, 6) is 0.876. The summed E-state index contributed by atoms with van der Waals surface area (Å²) in [5.41, 5.74) is 5.52. The van der Waals surface area contributed by atoms with Gasteiger partial charge in [-0.1, -0.05) is 18.7 Å². The highest BCUT2D eigenvalue weighted by Gasteiger charge is 2.07. The second-order valence-electron chi connectivity index (χ2n) is 2.46. The highest BCUT2D eigenvalue weighted by atomic mass is 32.2. The Bertz CT molecular complexity index is 224. The fraction of sp³-hybridized carbons (Fsp3) is 0.714. The molecule has 4 nitrogen and oxygen atoms in total. The molecule has 0 fully saturated rings. The summed E-state index contributed by atoms with van der Waals surface area (Å²) in [6.45, 7) is 3.55. The van der Waals surface area contributed by atoms with E-state index >= 15 is 0 Å². The Morgan fingerprint density at radius 1 is 1.50 bits per heavy atom. The second-order valence-corrected chi connectivity index (χ2v) is 3.23. The van der Waals surface area contributed by atoms with E-state index in [1.54, 1.807) is 11.8 Å². The van der Waals surface area contributed by atoms with Gasteiger partial charge in [-0.05, 0) is 12.7 Å². The van der Waals surface area contributed by atoms with Gasteiger partial charge in [-0.3, -0.25) is 0 Å². The van der Waals surface area contributed by atoms with E-state index in [4.69, 9.17) is 5.73 Å². The maximum Gasteiger partial charge on any atom is 0.190 e. The fourth-order valence-corrected chi connectivity index (χ4v) is 1.61. The van der Waals surface area contributed by atoms with Crippen LogP contribution in [-0.4, -0.2) is 21.0 Å². The molecule has 0 amide bonds. The van der Waals surface area contributed by atoms with Gasteiger partial charge in [0.15, 0.2) is 5.16 Å². The zero-order chi connectivity index (χ0) is 8.97. The number of nitrogens with two attached hydrogens (primary N) is 1. The van der Waals surface area contributed by atoms with Crippen LogP contribution in [0.4, 0.5) is 0 Å².